The highest BCUT2D eigenvalue weighted by molar-refractivity contribution is 6.03. The van der Waals surface area contributed by atoms with Crippen molar-refractivity contribution in [3.63, 3.8) is 0 Å². The monoisotopic (exact) mass is 325 g/mol. The molecule has 24 heavy (non-hydrogen) atoms. The number of amides is 1. The third-order valence-electron chi connectivity index (χ3n) is 4.33. The van der Waals surface area contributed by atoms with Gasteiger partial charge in [0.15, 0.2) is 0 Å². The minimum atomic E-state index is -0.247. The fourth-order valence-electron chi connectivity index (χ4n) is 3.03. The summed E-state index contributed by atoms with van der Waals surface area (Å²) in [5.74, 6) is 0.380. The summed E-state index contributed by atoms with van der Waals surface area (Å²) >= 11 is 0. The van der Waals surface area contributed by atoms with Crippen LogP contribution in [0.15, 0.2) is 42.6 Å². The largest absolute Gasteiger partial charge is 0.495 e. The second kappa shape index (κ2) is 7.81. The zero-order valence-electron chi connectivity index (χ0n) is 13.9. The second-order valence-corrected chi connectivity index (χ2v) is 6.07. The van der Waals surface area contributed by atoms with Gasteiger partial charge in [-0.25, -0.2) is 4.98 Å². The number of benzene rings is 1. The number of carbonyl (C=O) groups excluding carboxylic acids is 1. The topological polar surface area (TPSA) is 63.2 Å². The Morgan fingerprint density at radius 1 is 1.12 bits per heavy atom. The predicted molar refractivity (Wildman–Crippen MR) is 95.7 cm³/mol. The molecular formula is C19H23N3O2. The van der Waals surface area contributed by atoms with E-state index in [4.69, 9.17) is 4.74 Å². The number of hydrogen-bond donors (Lipinski definition) is 2. The Labute approximate surface area is 142 Å². The maximum Gasteiger partial charge on any atom is 0.274 e. The number of nitrogens with zero attached hydrogens (tertiary/aromatic N) is 1. The van der Waals surface area contributed by atoms with Crippen molar-refractivity contribution in [1.82, 2.24) is 4.98 Å². The molecule has 0 bridgehead atoms. The third kappa shape index (κ3) is 4.04. The maximum atomic E-state index is 12.3. The van der Waals surface area contributed by atoms with E-state index in [1.54, 1.807) is 31.5 Å². The van der Waals surface area contributed by atoms with Crippen molar-refractivity contribution in [1.29, 1.82) is 0 Å². The van der Waals surface area contributed by atoms with Gasteiger partial charge < -0.3 is 15.4 Å². The van der Waals surface area contributed by atoms with Crippen LogP contribution < -0.4 is 15.4 Å². The van der Waals surface area contributed by atoms with Crippen molar-refractivity contribution in [3.8, 4) is 5.75 Å². The van der Waals surface area contributed by atoms with Gasteiger partial charge in [0.1, 0.15) is 11.4 Å². The van der Waals surface area contributed by atoms with E-state index in [0.717, 1.165) is 5.69 Å². The summed E-state index contributed by atoms with van der Waals surface area (Å²) in [5, 5.41) is 6.33. The van der Waals surface area contributed by atoms with Crippen molar-refractivity contribution >= 4 is 17.3 Å². The van der Waals surface area contributed by atoms with Crippen molar-refractivity contribution in [2.75, 3.05) is 17.7 Å². The summed E-state index contributed by atoms with van der Waals surface area (Å²) in [6, 6.07) is 11.5. The SMILES string of the molecule is COc1ccccc1NC(=O)c1ccc(NC2CCCCC2)cn1. The summed E-state index contributed by atoms with van der Waals surface area (Å²) in [4.78, 5) is 16.6. The summed E-state index contributed by atoms with van der Waals surface area (Å²) in [7, 11) is 1.58. The number of rotatable bonds is 5. The first-order valence-electron chi connectivity index (χ1n) is 8.43. The minimum Gasteiger partial charge on any atom is -0.495 e. The maximum absolute atomic E-state index is 12.3. The molecule has 2 aromatic rings. The molecule has 5 heteroatoms. The molecule has 1 aliphatic rings. The zero-order valence-corrected chi connectivity index (χ0v) is 13.9. The Morgan fingerprint density at radius 3 is 2.62 bits per heavy atom. The van der Waals surface area contributed by atoms with Gasteiger partial charge in [0.2, 0.25) is 0 Å². The van der Waals surface area contributed by atoms with Gasteiger partial charge in [-0.2, -0.15) is 0 Å². The van der Waals surface area contributed by atoms with Crippen LogP contribution in [0.3, 0.4) is 0 Å². The van der Waals surface area contributed by atoms with Gasteiger partial charge in [0.05, 0.1) is 24.7 Å². The van der Waals surface area contributed by atoms with E-state index in [0.29, 0.717) is 23.2 Å². The van der Waals surface area contributed by atoms with Crippen LogP contribution in [0.25, 0.3) is 0 Å². The van der Waals surface area contributed by atoms with Crippen LogP contribution in [-0.4, -0.2) is 24.0 Å². The Bertz CT molecular complexity index is 679. The molecule has 1 fully saturated rings. The van der Waals surface area contributed by atoms with E-state index in [-0.39, 0.29) is 5.91 Å². The van der Waals surface area contributed by atoms with Crippen molar-refractivity contribution in [2.24, 2.45) is 0 Å². The smallest absolute Gasteiger partial charge is 0.274 e. The zero-order chi connectivity index (χ0) is 16.8. The lowest BCUT2D eigenvalue weighted by molar-refractivity contribution is 0.102. The molecule has 1 saturated carbocycles. The van der Waals surface area contributed by atoms with Gasteiger partial charge in [0, 0.05) is 6.04 Å². The van der Waals surface area contributed by atoms with E-state index in [2.05, 4.69) is 15.6 Å². The van der Waals surface area contributed by atoms with Gasteiger partial charge in [-0.3, -0.25) is 4.79 Å². The van der Waals surface area contributed by atoms with E-state index in [1.165, 1.54) is 32.1 Å². The number of pyridine rings is 1. The normalized spacial score (nSPS) is 14.9. The number of carbonyl (C=O) groups is 1. The van der Waals surface area contributed by atoms with Crippen LogP contribution in [0.4, 0.5) is 11.4 Å². The summed E-state index contributed by atoms with van der Waals surface area (Å²) < 4.78 is 5.24. The van der Waals surface area contributed by atoms with E-state index in [9.17, 15) is 4.79 Å². The molecule has 2 N–H and O–H groups in total. The number of methoxy groups -OCH3 is 1. The highest BCUT2D eigenvalue weighted by Crippen LogP contribution is 2.24. The molecule has 126 valence electrons. The van der Waals surface area contributed by atoms with Crippen molar-refractivity contribution in [2.45, 2.75) is 38.1 Å². The molecule has 1 aromatic carbocycles. The fraction of sp³-hybridized carbons (Fsp3) is 0.368. The minimum absolute atomic E-state index is 0.247. The fourth-order valence-corrected chi connectivity index (χ4v) is 3.03. The Kier molecular flexibility index (Phi) is 5.31. The number of aromatic nitrogens is 1. The van der Waals surface area contributed by atoms with E-state index in [1.807, 2.05) is 18.2 Å². The third-order valence-corrected chi connectivity index (χ3v) is 4.33. The molecule has 1 heterocycles. The van der Waals surface area contributed by atoms with Crippen LogP contribution in [0.2, 0.25) is 0 Å². The van der Waals surface area contributed by atoms with Crippen molar-refractivity contribution in [3.05, 3.63) is 48.3 Å². The van der Waals surface area contributed by atoms with Gasteiger partial charge in [-0.15, -0.1) is 0 Å². The summed E-state index contributed by atoms with van der Waals surface area (Å²) in [6.45, 7) is 0. The average molecular weight is 325 g/mol. The van der Waals surface area contributed by atoms with E-state index >= 15 is 0 Å². The molecule has 0 unspecified atom stereocenters. The molecular weight excluding hydrogens is 302 g/mol. The highest BCUT2D eigenvalue weighted by atomic mass is 16.5. The van der Waals surface area contributed by atoms with Crippen LogP contribution in [-0.2, 0) is 0 Å². The van der Waals surface area contributed by atoms with Crippen LogP contribution in [0.5, 0.6) is 5.75 Å². The van der Waals surface area contributed by atoms with E-state index < -0.39 is 0 Å². The average Bonchev–Trinajstić information content (AvgIpc) is 2.63. The summed E-state index contributed by atoms with van der Waals surface area (Å²) in [6.07, 6.45) is 8.03. The van der Waals surface area contributed by atoms with Crippen LogP contribution in [0, 0.1) is 0 Å². The molecule has 0 saturated heterocycles. The van der Waals surface area contributed by atoms with Gasteiger partial charge in [-0.05, 0) is 37.1 Å². The lowest BCUT2D eigenvalue weighted by Gasteiger charge is -2.23. The molecule has 0 atom stereocenters. The van der Waals surface area contributed by atoms with Crippen LogP contribution >= 0.6 is 0 Å². The number of hydrogen-bond acceptors (Lipinski definition) is 4. The number of nitrogens with one attached hydrogen (secondary N) is 2. The van der Waals surface area contributed by atoms with Gasteiger partial charge in [0.25, 0.3) is 5.91 Å². The first-order chi connectivity index (χ1) is 11.8. The predicted octanol–water partition coefficient (Wildman–Crippen LogP) is 4.09. The highest BCUT2D eigenvalue weighted by Gasteiger charge is 2.14. The Balaban J connectivity index is 1.63. The molecule has 5 nitrogen and oxygen atoms in total. The Hall–Kier alpha value is -2.56. The Morgan fingerprint density at radius 2 is 1.92 bits per heavy atom. The number of ether oxygens (including phenoxy) is 1. The standard InChI is InChI=1S/C19H23N3O2/c1-24-18-10-6-5-9-16(18)22-19(23)17-12-11-15(13-20-17)21-14-7-3-2-4-8-14/h5-6,9-14,21H,2-4,7-8H2,1H3,(H,22,23). The molecule has 0 aliphatic heterocycles. The second-order valence-electron chi connectivity index (χ2n) is 6.07. The molecule has 3 rings (SSSR count). The lowest BCUT2D eigenvalue weighted by atomic mass is 9.95. The molecule has 0 radical (unpaired) electrons. The molecule has 1 aliphatic carbocycles. The lowest BCUT2D eigenvalue weighted by Crippen LogP contribution is -2.22. The summed E-state index contributed by atoms with van der Waals surface area (Å²) in [5.41, 5.74) is 1.99. The first kappa shape index (κ1) is 16.3. The van der Waals surface area contributed by atoms with Gasteiger partial charge >= 0.3 is 0 Å². The molecule has 1 amide bonds. The molecule has 0 spiro atoms. The quantitative estimate of drug-likeness (QED) is 0.869. The van der Waals surface area contributed by atoms with Crippen LogP contribution in [0.1, 0.15) is 42.6 Å². The first-order valence-corrected chi connectivity index (χ1v) is 8.43. The number of para-hydroxylation sites is 2. The number of anilines is 2. The van der Waals surface area contributed by atoms with Crippen molar-refractivity contribution < 1.29 is 9.53 Å². The molecule has 1 aromatic heterocycles. The van der Waals surface area contributed by atoms with Gasteiger partial charge in [-0.1, -0.05) is 31.4 Å².